The minimum absolute atomic E-state index is 0.152. The molecule has 2 aliphatic carbocycles. The average molecular weight is 326 g/mol. The van der Waals surface area contributed by atoms with Gasteiger partial charge in [-0.15, -0.1) is 0 Å². The van der Waals surface area contributed by atoms with Gasteiger partial charge in [0.2, 0.25) is 17.7 Å². The van der Waals surface area contributed by atoms with Crippen LogP contribution in [0, 0.1) is 23.7 Å². The Hall–Kier alpha value is -2.63. The van der Waals surface area contributed by atoms with Crippen LogP contribution in [-0.4, -0.2) is 36.3 Å². The molecule has 2 fully saturated rings. The lowest BCUT2D eigenvalue weighted by atomic mass is 9.85. The van der Waals surface area contributed by atoms with Gasteiger partial charge in [0.05, 0.1) is 24.6 Å². The molecule has 0 aromatic heterocycles. The molecule has 4 atom stereocenters. The Kier molecular flexibility index (Phi) is 3.40. The van der Waals surface area contributed by atoms with E-state index in [1.807, 2.05) is 12.2 Å². The number of imide groups is 1. The molecule has 3 amide bonds. The van der Waals surface area contributed by atoms with E-state index >= 15 is 0 Å². The molecule has 4 unspecified atom stereocenters. The van der Waals surface area contributed by atoms with Crippen molar-refractivity contribution in [2.75, 3.05) is 19.0 Å². The van der Waals surface area contributed by atoms with E-state index in [0.717, 1.165) is 11.3 Å². The maximum Gasteiger partial charge on any atom is 0.244 e. The van der Waals surface area contributed by atoms with Gasteiger partial charge in [0.15, 0.2) is 0 Å². The maximum atomic E-state index is 12.6. The molecule has 2 bridgehead atoms. The van der Waals surface area contributed by atoms with Crippen molar-refractivity contribution in [1.29, 1.82) is 0 Å². The molecule has 4 rings (SSSR count). The van der Waals surface area contributed by atoms with Gasteiger partial charge in [-0.25, -0.2) is 0 Å². The minimum atomic E-state index is -0.401. The van der Waals surface area contributed by atoms with E-state index in [2.05, 4.69) is 5.32 Å². The lowest BCUT2D eigenvalue weighted by Gasteiger charge is -2.17. The Labute approximate surface area is 139 Å². The van der Waals surface area contributed by atoms with Crippen molar-refractivity contribution in [3.8, 4) is 5.75 Å². The van der Waals surface area contributed by atoms with E-state index < -0.39 is 5.91 Å². The number of rotatable bonds is 4. The van der Waals surface area contributed by atoms with Gasteiger partial charge in [0.25, 0.3) is 0 Å². The zero-order chi connectivity index (χ0) is 16.8. The predicted octanol–water partition coefficient (Wildman–Crippen LogP) is 1.44. The van der Waals surface area contributed by atoms with Gasteiger partial charge in [0, 0.05) is 0 Å². The van der Waals surface area contributed by atoms with E-state index in [-0.39, 0.29) is 42.0 Å². The van der Waals surface area contributed by atoms with Crippen LogP contribution in [0.5, 0.6) is 5.75 Å². The fourth-order valence-electron chi connectivity index (χ4n) is 4.20. The summed E-state index contributed by atoms with van der Waals surface area (Å²) in [6, 6.07) is 7.02. The number of methoxy groups -OCH3 is 1. The van der Waals surface area contributed by atoms with E-state index in [4.69, 9.17) is 4.74 Å². The van der Waals surface area contributed by atoms with Crippen molar-refractivity contribution < 1.29 is 19.1 Å². The van der Waals surface area contributed by atoms with Gasteiger partial charge >= 0.3 is 0 Å². The Bertz CT molecular complexity index is 727. The zero-order valence-corrected chi connectivity index (χ0v) is 13.3. The number of likely N-dealkylation sites (tertiary alicyclic amines) is 1. The summed E-state index contributed by atoms with van der Waals surface area (Å²) in [6.07, 6.45) is 4.96. The molecule has 6 heteroatoms. The molecule has 1 aliphatic heterocycles. The number of hydrogen-bond acceptors (Lipinski definition) is 4. The van der Waals surface area contributed by atoms with Crippen LogP contribution in [0.25, 0.3) is 0 Å². The van der Waals surface area contributed by atoms with Crippen LogP contribution in [0.2, 0.25) is 0 Å². The van der Waals surface area contributed by atoms with Crippen LogP contribution in [0.15, 0.2) is 36.4 Å². The molecule has 1 aromatic rings. The molecule has 1 saturated heterocycles. The topological polar surface area (TPSA) is 75.7 Å². The monoisotopic (exact) mass is 326 g/mol. The number of carbonyl (C=O) groups excluding carboxylic acids is 3. The second-order valence-corrected chi connectivity index (χ2v) is 6.51. The maximum absolute atomic E-state index is 12.6. The molecular formula is C18H18N2O4. The first-order valence-electron chi connectivity index (χ1n) is 8.06. The fraction of sp³-hybridized carbons (Fsp3) is 0.389. The third-order valence-electron chi connectivity index (χ3n) is 5.24. The zero-order valence-electron chi connectivity index (χ0n) is 13.3. The highest BCUT2D eigenvalue weighted by Crippen LogP contribution is 2.52. The summed E-state index contributed by atoms with van der Waals surface area (Å²) >= 11 is 0. The number of hydrogen-bond donors (Lipinski definition) is 1. The Balaban J connectivity index is 1.47. The average Bonchev–Trinajstić information content (AvgIpc) is 3.25. The largest absolute Gasteiger partial charge is 0.495 e. The molecule has 124 valence electrons. The predicted molar refractivity (Wildman–Crippen MR) is 86.1 cm³/mol. The van der Waals surface area contributed by atoms with Crippen molar-refractivity contribution in [2.24, 2.45) is 23.7 Å². The van der Waals surface area contributed by atoms with Crippen LogP contribution >= 0.6 is 0 Å². The molecule has 0 radical (unpaired) electrons. The Morgan fingerprint density at radius 3 is 2.42 bits per heavy atom. The van der Waals surface area contributed by atoms with Crippen LogP contribution in [0.1, 0.15) is 6.42 Å². The lowest BCUT2D eigenvalue weighted by Crippen LogP contribution is -2.39. The number of nitrogens with one attached hydrogen (secondary N) is 1. The molecule has 1 N–H and O–H groups in total. The second kappa shape index (κ2) is 5.47. The second-order valence-electron chi connectivity index (χ2n) is 6.51. The normalized spacial score (nSPS) is 30.0. The molecule has 1 heterocycles. The standard InChI is InChI=1S/C18H18N2O4/c1-24-13-5-3-2-4-12(13)19-14(21)9-20-17(22)15-10-6-7-11(8-10)16(15)18(20)23/h2-7,10-11,15-16H,8-9H2,1H3,(H,19,21). The Morgan fingerprint density at radius 2 is 1.79 bits per heavy atom. The molecular weight excluding hydrogens is 308 g/mol. The van der Waals surface area contributed by atoms with Gasteiger partial charge in [-0.05, 0) is 30.4 Å². The highest BCUT2D eigenvalue weighted by atomic mass is 16.5. The number of fused-ring (bicyclic) bond motifs is 5. The van der Waals surface area contributed by atoms with Gasteiger partial charge in [-0.1, -0.05) is 24.3 Å². The molecule has 1 saturated carbocycles. The summed E-state index contributed by atoms with van der Waals surface area (Å²) in [6.45, 7) is -0.248. The van der Waals surface area contributed by atoms with E-state index in [0.29, 0.717) is 11.4 Å². The number of ether oxygens (including phenoxy) is 1. The SMILES string of the molecule is COc1ccccc1NC(=O)CN1C(=O)C2C3C=CC(C3)C2C1=O. The number of allylic oxidation sites excluding steroid dienone is 2. The van der Waals surface area contributed by atoms with E-state index in [9.17, 15) is 14.4 Å². The van der Waals surface area contributed by atoms with Crippen molar-refractivity contribution in [1.82, 2.24) is 4.90 Å². The molecule has 6 nitrogen and oxygen atoms in total. The van der Waals surface area contributed by atoms with Crippen molar-refractivity contribution >= 4 is 23.4 Å². The first-order chi connectivity index (χ1) is 11.6. The number of anilines is 1. The number of benzene rings is 1. The van der Waals surface area contributed by atoms with Crippen molar-refractivity contribution in [3.63, 3.8) is 0 Å². The number of amides is 3. The first kappa shape index (κ1) is 14.9. The van der Waals surface area contributed by atoms with Crippen LogP contribution in [0.3, 0.4) is 0 Å². The molecule has 24 heavy (non-hydrogen) atoms. The minimum Gasteiger partial charge on any atom is -0.495 e. The van der Waals surface area contributed by atoms with E-state index in [1.165, 1.54) is 7.11 Å². The number of para-hydroxylation sites is 2. The van der Waals surface area contributed by atoms with Crippen LogP contribution in [0.4, 0.5) is 5.69 Å². The van der Waals surface area contributed by atoms with Gasteiger partial charge < -0.3 is 10.1 Å². The van der Waals surface area contributed by atoms with Crippen molar-refractivity contribution in [2.45, 2.75) is 6.42 Å². The third-order valence-corrected chi connectivity index (χ3v) is 5.24. The van der Waals surface area contributed by atoms with Gasteiger partial charge in [-0.3, -0.25) is 19.3 Å². The number of nitrogens with zero attached hydrogens (tertiary/aromatic N) is 1. The fourth-order valence-corrected chi connectivity index (χ4v) is 4.20. The lowest BCUT2D eigenvalue weighted by molar-refractivity contribution is -0.143. The van der Waals surface area contributed by atoms with Crippen LogP contribution < -0.4 is 10.1 Å². The first-order valence-corrected chi connectivity index (χ1v) is 8.06. The Morgan fingerprint density at radius 1 is 1.17 bits per heavy atom. The summed E-state index contributed by atoms with van der Waals surface area (Å²) in [5.41, 5.74) is 0.519. The van der Waals surface area contributed by atoms with Crippen molar-refractivity contribution in [3.05, 3.63) is 36.4 Å². The summed E-state index contributed by atoms with van der Waals surface area (Å²) in [4.78, 5) is 38.5. The van der Waals surface area contributed by atoms with Crippen LogP contribution in [-0.2, 0) is 14.4 Å². The molecule has 3 aliphatic rings. The van der Waals surface area contributed by atoms with Gasteiger partial charge in [-0.2, -0.15) is 0 Å². The summed E-state index contributed by atoms with van der Waals surface area (Å²) in [5, 5.41) is 2.71. The quantitative estimate of drug-likeness (QED) is 0.671. The summed E-state index contributed by atoms with van der Waals surface area (Å²) < 4.78 is 5.19. The molecule has 1 aromatic carbocycles. The third kappa shape index (κ3) is 2.13. The highest BCUT2D eigenvalue weighted by molar-refractivity contribution is 6.09. The highest BCUT2D eigenvalue weighted by Gasteiger charge is 2.59. The van der Waals surface area contributed by atoms with E-state index in [1.54, 1.807) is 24.3 Å². The smallest absolute Gasteiger partial charge is 0.244 e. The summed E-state index contributed by atoms with van der Waals surface area (Å²) in [7, 11) is 1.52. The molecule has 0 spiro atoms. The van der Waals surface area contributed by atoms with Gasteiger partial charge in [0.1, 0.15) is 12.3 Å². The summed E-state index contributed by atoms with van der Waals surface area (Å²) in [5.74, 6) is -0.532. The number of carbonyl (C=O) groups is 3.